The summed E-state index contributed by atoms with van der Waals surface area (Å²) >= 11 is 2.40. The molecule has 2 aromatic rings. The number of carbonyl (C=O) groups is 1. The average Bonchev–Trinajstić information content (AvgIpc) is 3.18. The maximum atomic E-state index is 12.6. The normalized spacial score (nSPS) is 18.6. The number of hydrogen-bond acceptors (Lipinski definition) is 5. The Morgan fingerprint density at radius 3 is 3.00 bits per heavy atom. The average molecular weight is 398 g/mol. The van der Waals surface area contributed by atoms with Gasteiger partial charge in [-0.3, -0.25) is 0 Å². The predicted octanol–water partition coefficient (Wildman–Crippen LogP) is 0.627. The van der Waals surface area contributed by atoms with Gasteiger partial charge in [-0.05, 0) is 0 Å². The van der Waals surface area contributed by atoms with Crippen molar-refractivity contribution in [2.24, 2.45) is 0 Å². The molecule has 2 aromatic heterocycles. The zero-order chi connectivity index (χ0) is 17.4. The van der Waals surface area contributed by atoms with E-state index in [1.807, 2.05) is 12.3 Å². The van der Waals surface area contributed by atoms with Crippen LogP contribution in [0.2, 0.25) is 0 Å². The fourth-order valence-corrected chi connectivity index (χ4v) is 4.14. The van der Waals surface area contributed by atoms with Crippen molar-refractivity contribution in [2.45, 2.75) is 37.6 Å². The first-order valence-corrected chi connectivity index (χ1v) is 9.53. The Kier molecular flexibility index (Phi) is 4.16. The third-order valence-corrected chi connectivity index (χ3v) is 5.56. The van der Waals surface area contributed by atoms with Crippen LogP contribution in [0.5, 0.6) is 0 Å². The Labute approximate surface area is 154 Å². The number of nitriles is 1. The van der Waals surface area contributed by atoms with E-state index in [0.717, 1.165) is 49.3 Å². The molecule has 25 heavy (non-hydrogen) atoms. The Morgan fingerprint density at radius 2 is 2.24 bits per heavy atom. The molecule has 1 aliphatic heterocycles. The maximum absolute atomic E-state index is 12.6. The third kappa shape index (κ3) is 3.00. The zero-order valence-electron chi connectivity index (χ0n) is 13.9. The second kappa shape index (κ2) is 6.34. The summed E-state index contributed by atoms with van der Waals surface area (Å²) in [6.45, 7) is 2.31. The molecule has 1 spiro atoms. The Balaban J connectivity index is 1.54. The molecule has 4 rings (SSSR count). The van der Waals surface area contributed by atoms with Gasteiger partial charge in [0.05, 0.1) is 0 Å². The predicted molar refractivity (Wildman–Crippen MR) is 94.6 cm³/mol. The summed E-state index contributed by atoms with van der Waals surface area (Å²) in [7, 11) is 0. The van der Waals surface area contributed by atoms with Gasteiger partial charge in [0.1, 0.15) is 0 Å². The number of aromatic nitrogens is 3. The first-order valence-electron chi connectivity index (χ1n) is 8.59. The number of amides is 1. The zero-order valence-corrected chi connectivity index (χ0v) is 15.8. The molecule has 8 heteroatoms. The van der Waals surface area contributed by atoms with E-state index in [2.05, 4.69) is 47.7 Å². The summed E-state index contributed by atoms with van der Waals surface area (Å²) < 4.78 is 0.692. The first-order chi connectivity index (χ1) is 12.1. The molecule has 2 fully saturated rings. The van der Waals surface area contributed by atoms with E-state index in [1.54, 1.807) is 0 Å². The van der Waals surface area contributed by atoms with Crippen molar-refractivity contribution < 1.29 is 4.79 Å². The van der Waals surface area contributed by atoms with Gasteiger partial charge in [-0.25, -0.2) is 0 Å². The van der Waals surface area contributed by atoms with Crippen molar-refractivity contribution in [3.05, 3.63) is 12.3 Å². The number of carbonyl (C=O) groups excluding carboxylic acids is 1. The summed E-state index contributed by atoms with van der Waals surface area (Å²) in [4.78, 5) is 29.1. The molecule has 2 radical (unpaired) electrons. The number of nitrogens with zero attached hydrogens (tertiary/aromatic N) is 5. The molecule has 0 atom stereocenters. The van der Waals surface area contributed by atoms with E-state index in [9.17, 15) is 4.79 Å². The topological polar surface area (TPSA) is 88.9 Å². The molecule has 1 aliphatic carbocycles. The summed E-state index contributed by atoms with van der Waals surface area (Å²) in [6.07, 6.45) is 5.55. The van der Waals surface area contributed by atoms with Gasteiger partial charge in [0.2, 0.25) is 0 Å². The van der Waals surface area contributed by atoms with Crippen LogP contribution in [-0.2, 0) is 4.79 Å². The van der Waals surface area contributed by atoms with Crippen molar-refractivity contribution in [1.82, 2.24) is 19.9 Å². The van der Waals surface area contributed by atoms with Crippen LogP contribution in [0.1, 0.15) is 32.1 Å². The van der Waals surface area contributed by atoms with Crippen molar-refractivity contribution in [1.29, 1.82) is 5.26 Å². The number of hydrogen-bond donors (Lipinski definition) is 1. The van der Waals surface area contributed by atoms with E-state index in [1.165, 1.54) is 0 Å². The van der Waals surface area contributed by atoms with Crippen LogP contribution in [0.25, 0.3) is 11.0 Å². The van der Waals surface area contributed by atoms with E-state index in [0.29, 0.717) is 23.9 Å². The molecule has 2 aliphatic rings. The van der Waals surface area contributed by atoms with Gasteiger partial charge in [0.25, 0.3) is 0 Å². The van der Waals surface area contributed by atoms with E-state index < -0.39 is 0 Å². The molecular weight excluding hydrogens is 379 g/mol. The summed E-state index contributed by atoms with van der Waals surface area (Å²) in [5.74, 6) is 1.14. The molecule has 0 unspecified atom stereocenters. The van der Waals surface area contributed by atoms with E-state index in [4.69, 9.17) is 5.26 Å². The number of piperazine rings is 1. The second-order valence-electron chi connectivity index (χ2n) is 6.79. The molecule has 1 amide bonds. The minimum atomic E-state index is -0.0433. The molecule has 1 saturated carbocycles. The number of aromatic amines is 1. The number of anilines is 1. The summed E-state index contributed by atoms with van der Waals surface area (Å²) in [5, 5.41) is 9.69. The van der Waals surface area contributed by atoms with Gasteiger partial charge in [-0.1, -0.05) is 0 Å². The van der Waals surface area contributed by atoms with Crippen molar-refractivity contribution in [2.75, 3.05) is 24.5 Å². The number of H-pyrrole nitrogens is 1. The number of rotatable bonds is 4. The van der Waals surface area contributed by atoms with Crippen LogP contribution in [0, 0.1) is 11.3 Å². The van der Waals surface area contributed by atoms with E-state index in [-0.39, 0.29) is 11.4 Å². The fraction of sp³-hybridized carbons (Fsp3) is 0.529. The van der Waals surface area contributed by atoms with Crippen molar-refractivity contribution >= 4 is 44.2 Å². The first kappa shape index (κ1) is 16.4. The van der Waals surface area contributed by atoms with Gasteiger partial charge >= 0.3 is 149 Å². The number of nitrogens with one attached hydrogen (secondary N) is 1. The van der Waals surface area contributed by atoms with Crippen LogP contribution < -0.4 is 9.51 Å². The van der Waals surface area contributed by atoms with Gasteiger partial charge in [-0.15, -0.1) is 0 Å². The fourth-order valence-electron chi connectivity index (χ4n) is 3.73. The van der Waals surface area contributed by atoms with Crippen LogP contribution in [0.15, 0.2) is 12.3 Å². The SMILES string of the molecule is N#CCCCC(=O)N1CCN(c2nc([As])nc3[nH]ccc23)CC12CC2. The molecular formula is C17H19AsN6O. The van der Waals surface area contributed by atoms with Gasteiger partial charge in [0, 0.05) is 0 Å². The molecule has 1 saturated heterocycles. The molecule has 0 aromatic carbocycles. The van der Waals surface area contributed by atoms with Gasteiger partial charge in [-0.2, -0.15) is 5.26 Å². The van der Waals surface area contributed by atoms with Crippen LogP contribution in [0.4, 0.5) is 5.82 Å². The second-order valence-corrected chi connectivity index (χ2v) is 7.63. The van der Waals surface area contributed by atoms with Gasteiger partial charge < -0.3 is 0 Å². The van der Waals surface area contributed by atoms with E-state index >= 15 is 0 Å². The third-order valence-electron chi connectivity index (χ3n) is 5.14. The summed E-state index contributed by atoms with van der Waals surface area (Å²) in [5.41, 5.74) is 0.804. The van der Waals surface area contributed by atoms with Crippen molar-refractivity contribution in [3.63, 3.8) is 0 Å². The van der Waals surface area contributed by atoms with Gasteiger partial charge in [0.15, 0.2) is 0 Å². The monoisotopic (exact) mass is 398 g/mol. The van der Waals surface area contributed by atoms with Crippen molar-refractivity contribution in [3.8, 4) is 6.07 Å². The Bertz CT molecular complexity index is 852. The molecule has 1 N–H and O–H groups in total. The standard InChI is InChI=1S/C17H19AsN6O/c18-16-21-14-12(4-8-20-14)15(22-16)23-9-10-24(17(11-23)5-6-17)13(25)3-1-2-7-19/h4,8H,1-3,5-6,9-11H2,(H,20,21,22). The minimum absolute atomic E-state index is 0.0433. The Hall–Kier alpha value is -2.06. The van der Waals surface area contributed by atoms with Crippen LogP contribution in [-0.4, -0.2) is 67.8 Å². The molecule has 7 nitrogen and oxygen atoms in total. The molecule has 128 valence electrons. The molecule has 3 heterocycles. The molecule has 0 bridgehead atoms. The summed E-state index contributed by atoms with van der Waals surface area (Å²) in [6, 6.07) is 4.12. The quantitative estimate of drug-likeness (QED) is 0.603. The number of unbranched alkanes of at least 4 members (excludes halogenated alkanes) is 1. The van der Waals surface area contributed by atoms with Crippen LogP contribution in [0.3, 0.4) is 0 Å². The Morgan fingerprint density at radius 1 is 1.40 bits per heavy atom. The van der Waals surface area contributed by atoms with Crippen LogP contribution >= 0.6 is 0 Å². The number of fused-ring (bicyclic) bond motifs is 1.